The largest absolute Gasteiger partial charge is 0.494 e. The minimum Gasteiger partial charge on any atom is -0.494 e. The van der Waals surface area contributed by atoms with E-state index in [1.54, 1.807) is 25.1 Å². The van der Waals surface area contributed by atoms with Gasteiger partial charge in [-0.05, 0) is 50.5 Å². The molecule has 4 heterocycles. The zero-order valence-electron chi connectivity index (χ0n) is 19.9. The summed E-state index contributed by atoms with van der Waals surface area (Å²) in [6.07, 6.45) is 12.9. The van der Waals surface area contributed by atoms with Crippen LogP contribution in [0.1, 0.15) is 31.9 Å². The fraction of sp³-hybridized carbons (Fsp3) is 0.308. The van der Waals surface area contributed by atoms with E-state index in [9.17, 15) is 18.0 Å². The van der Waals surface area contributed by atoms with Gasteiger partial charge in [-0.3, -0.25) is 9.36 Å². The number of hydrogen-bond donors (Lipinski definition) is 1. The van der Waals surface area contributed by atoms with Crippen LogP contribution in [0.3, 0.4) is 0 Å². The van der Waals surface area contributed by atoms with Gasteiger partial charge in [-0.1, -0.05) is 12.2 Å². The molecule has 0 spiro atoms. The summed E-state index contributed by atoms with van der Waals surface area (Å²) in [7, 11) is -4.17. The fourth-order valence-electron chi connectivity index (χ4n) is 5.33. The monoisotopic (exact) mass is 540 g/mol. The van der Waals surface area contributed by atoms with Gasteiger partial charge in [-0.25, -0.2) is 13.2 Å². The molecule has 4 aliphatic rings. The van der Waals surface area contributed by atoms with Crippen LogP contribution in [-0.2, 0) is 24.1 Å². The Bertz CT molecular complexity index is 1720. The van der Waals surface area contributed by atoms with Gasteiger partial charge in [0.05, 0.1) is 35.2 Å². The summed E-state index contributed by atoms with van der Waals surface area (Å²) in [6.45, 7) is 1.74. The van der Waals surface area contributed by atoms with Crippen LogP contribution in [-0.4, -0.2) is 31.2 Å². The number of nitrogens with two attached hydrogens (primary N) is 1. The molecular formula is C26H24N2O7S2. The SMILES string of the molecule is CCOC(=O)C1=c2s/c(=C\c3ccco3)c(=O)n2C(N)=C(S(=O)(=O)C2=CC=CCC2)C1C12CC1C=CO2. The molecule has 2 N–H and O–H groups in total. The Kier molecular flexibility index (Phi) is 5.46. The Morgan fingerprint density at radius 1 is 1.41 bits per heavy atom. The molecular weight excluding hydrogens is 516 g/mol. The lowest BCUT2D eigenvalue weighted by molar-refractivity contribution is -0.137. The van der Waals surface area contributed by atoms with E-state index in [0.29, 0.717) is 18.6 Å². The van der Waals surface area contributed by atoms with Crippen LogP contribution in [0, 0.1) is 11.8 Å². The Morgan fingerprint density at radius 3 is 2.86 bits per heavy atom. The number of sulfone groups is 1. The molecule has 6 rings (SSSR count). The van der Waals surface area contributed by atoms with E-state index >= 15 is 0 Å². The lowest BCUT2D eigenvalue weighted by Crippen LogP contribution is -2.46. The summed E-state index contributed by atoms with van der Waals surface area (Å²) in [5.74, 6) is -1.63. The zero-order valence-corrected chi connectivity index (χ0v) is 21.5. The quantitative estimate of drug-likeness (QED) is 0.548. The molecule has 3 unspecified atom stereocenters. The van der Waals surface area contributed by atoms with Crippen molar-refractivity contribution in [2.75, 3.05) is 6.61 Å². The molecule has 37 heavy (non-hydrogen) atoms. The van der Waals surface area contributed by atoms with Gasteiger partial charge in [-0.2, -0.15) is 0 Å². The first-order chi connectivity index (χ1) is 17.8. The predicted octanol–water partition coefficient (Wildman–Crippen LogP) is 1.71. The average molecular weight is 541 g/mol. The first kappa shape index (κ1) is 23.8. The van der Waals surface area contributed by atoms with Gasteiger partial charge < -0.3 is 19.6 Å². The smallest absolute Gasteiger partial charge is 0.337 e. The van der Waals surface area contributed by atoms with E-state index < -0.39 is 32.9 Å². The third-order valence-corrected chi connectivity index (χ3v) is 10.3. The van der Waals surface area contributed by atoms with Crippen LogP contribution in [0.25, 0.3) is 17.5 Å². The van der Waals surface area contributed by atoms with E-state index in [2.05, 4.69) is 0 Å². The highest BCUT2D eigenvalue weighted by atomic mass is 32.2. The third kappa shape index (κ3) is 3.51. The maximum atomic E-state index is 14.2. The number of furan rings is 1. The van der Waals surface area contributed by atoms with Crippen molar-refractivity contribution in [3.05, 3.63) is 84.1 Å². The van der Waals surface area contributed by atoms with Gasteiger partial charge in [0.25, 0.3) is 5.56 Å². The number of thiazole rings is 1. The first-order valence-corrected chi connectivity index (χ1v) is 14.2. The maximum absolute atomic E-state index is 14.2. The van der Waals surface area contributed by atoms with E-state index in [-0.39, 0.29) is 49.3 Å². The van der Waals surface area contributed by atoms with Gasteiger partial charge in [-0.15, -0.1) is 11.3 Å². The van der Waals surface area contributed by atoms with Crippen molar-refractivity contribution in [1.29, 1.82) is 0 Å². The maximum Gasteiger partial charge on any atom is 0.337 e. The summed E-state index contributed by atoms with van der Waals surface area (Å²) in [4.78, 5) is 27.1. The Hall–Kier alpha value is -3.57. The molecule has 2 aromatic rings. The predicted molar refractivity (Wildman–Crippen MR) is 137 cm³/mol. The molecule has 0 bridgehead atoms. The Balaban J connectivity index is 1.70. The average Bonchev–Trinajstić information content (AvgIpc) is 3.24. The van der Waals surface area contributed by atoms with Crippen molar-refractivity contribution in [2.24, 2.45) is 17.6 Å². The zero-order chi connectivity index (χ0) is 25.9. The summed E-state index contributed by atoms with van der Waals surface area (Å²) in [5.41, 5.74) is 5.12. The molecule has 0 radical (unpaired) electrons. The van der Waals surface area contributed by atoms with Gasteiger partial charge in [0.2, 0.25) is 9.84 Å². The summed E-state index contributed by atoms with van der Waals surface area (Å²) < 4.78 is 46.7. The van der Waals surface area contributed by atoms with Crippen molar-refractivity contribution in [3.63, 3.8) is 0 Å². The van der Waals surface area contributed by atoms with Gasteiger partial charge in [0.15, 0.2) is 0 Å². The lowest BCUT2D eigenvalue weighted by Gasteiger charge is -2.33. The van der Waals surface area contributed by atoms with E-state index in [1.165, 1.54) is 24.7 Å². The van der Waals surface area contributed by atoms with Crippen LogP contribution in [0.4, 0.5) is 0 Å². The second kappa shape index (κ2) is 8.49. The Labute approximate surface area is 216 Å². The molecule has 1 fully saturated rings. The van der Waals surface area contributed by atoms with Crippen molar-refractivity contribution in [1.82, 2.24) is 4.57 Å². The number of carbonyl (C=O) groups is 1. The molecule has 0 amide bonds. The highest BCUT2D eigenvalue weighted by molar-refractivity contribution is 7.99. The number of aromatic nitrogens is 1. The van der Waals surface area contributed by atoms with Gasteiger partial charge in [0.1, 0.15) is 26.8 Å². The van der Waals surface area contributed by atoms with Crippen molar-refractivity contribution in [3.8, 4) is 0 Å². The lowest BCUT2D eigenvalue weighted by atomic mass is 9.88. The van der Waals surface area contributed by atoms with Crippen molar-refractivity contribution in [2.45, 2.75) is 31.8 Å². The molecule has 0 aromatic carbocycles. The minimum absolute atomic E-state index is 0.0639. The summed E-state index contributed by atoms with van der Waals surface area (Å²) >= 11 is 1.04. The number of ether oxygens (including phenoxy) is 2. The van der Waals surface area contributed by atoms with Crippen LogP contribution in [0.15, 0.2) is 68.0 Å². The number of rotatable bonds is 6. The molecule has 11 heteroatoms. The number of hydrogen-bond acceptors (Lipinski definition) is 9. The standard InChI is InChI=1S/C26H24N2O7S2/c1-2-33-25(30)19-20(26-14-15(26)10-12-35-26)21(37(31,32)17-8-4-3-5-9-17)22(27)28-23(29)18(36-24(19)28)13-16-7-6-11-34-16/h3-4,6-8,10-13,15,20H,2,5,9,14,27H2,1H3/b18-13-. The molecule has 2 aliphatic carbocycles. The molecule has 2 aliphatic heterocycles. The van der Waals surface area contributed by atoms with Crippen LogP contribution < -0.4 is 20.5 Å². The number of esters is 1. The third-order valence-electron chi connectivity index (χ3n) is 7.11. The van der Waals surface area contributed by atoms with E-state index in [1.807, 2.05) is 12.2 Å². The van der Waals surface area contributed by atoms with Gasteiger partial charge in [0, 0.05) is 16.9 Å². The Morgan fingerprint density at radius 2 is 2.24 bits per heavy atom. The molecule has 192 valence electrons. The second-order valence-electron chi connectivity index (χ2n) is 9.20. The van der Waals surface area contributed by atoms with Crippen molar-refractivity contribution < 1.29 is 27.1 Å². The molecule has 0 saturated heterocycles. The van der Waals surface area contributed by atoms with E-state index in [0.717, 1.165) is 15.9 Å². The summed E-state index contributed by atoms with van der Waals surface area (Å²) in [6, 6.07) is 3.37. The number of carbonyl (C=O) groups excluding carboxylic acids is 1. The number of fused-ring (bicyclic) bond motifs is 2. The minimum atomic E-state index is -4.17. The fourth-order valence-corrected chi connectivity index (χ4v) is 8.39. The second-order valence-corrected chi connectivity index (χ2v) is 12.2. The summed E-state index contributed by atoms with van der Waals surface area (Å²) in [5, 5.41) is 0. The highest BCUT2D eigenvalue weighted by Crippen LogP contribution is 2.62. The molecule has 1 saturated carbocycles. The molecule has 3 atom stereocenters. The molecule has 2 aromatic heterocycles. The topological polar surface area (TPSA) is 131 Å². The normalized spacial score (nSPS) is 26.6. The first-order valence-electron chi connectivity index (χ1n) is 11.9. The van der Waals surface area contributed by atoms with Crippen LogP contribution >= 0.6 is 11.3 Å². The van der Waals surface area contributed by atoms with Crippen LogP contribution in [0.2, 0.25) is 0 Å². The van der Waals surface area contributed by atoms with E-state index in [4.69, 9.17) is 19.6 Å². The van der Waals surface area contributed by atoms with Crippen LogP contribution in [0.5, 0.6) is 0 Å². The van der Waals surface area contributed by atoms with Gasteiger partial charge >= 0.3 is 5.97 Å². The number of allylic oxidation sites excluding steroid dienone is 4. The van der Waals surface area contributed by atoms with Crippen molar-refractivity contribution >= 4 is 44.6 Å². The number of nitrogens with zero attached hydrogens (tertiary/aromatic N) is 1. The molecule has 9 nitrogen and oxygen atoms in total. The highest BCUT2D eigenvalue weighted by Gasteiger charge is 2.68.